The monoisotopic (exact) mass is 340 g/mol. The number of carbonyl (C=O) groups is 1. The highest BCUT2D eigenvalue weighted by Gasteiger charge is 2.14. The van der Waals surface area contributed by atoms with E-state index in [1.807, 2.05) is 6.07 Å². The van der Waals surface area contributed by atoms with Crippen molar-refractivity contribution in [1.29, 1.82) is 0 Å². The van der Waals surface area contributed by atoms with E-state index in [1.54, 1.807) is 38.5 Å². The predicted octanol–water partition coefficient (Wildman–Crippen LogP) is 2.23. The standard InChI is InChI=1S/C18H16N2O5/c1-24-13-7-6-10(8-14(13)25-2)9-15-19-12-5-3-4-11(18(22)23)16(12)17(21)20-15/h3-8H,9H2,1-2H3,(H,22,23)(H,19,20,21). The predicted molar refractivity (Wildman–Crippen MR) is 91.7 cm³/mol. The summed E-state index contributed by atoms with van der Waals surface area (Å²) in [6.07, 6.45) is 0.364. The summed E-state index contributed by atoms with van der Waals surface area (Å²) in [7, 11) is 3.10. The number of nitrogens with one attached hydrogen (secondary N) is 1. The number of carboxylic acids is 1. The number of fused-ring (bicyclic) bond motifs is 1. The van der Waals surface area contributed by atoms with E-state index in [1.165, 1.54) is 6.07 Å². The van der Waals surface area contributed by atoms with Crippen LogP contribution in [0.3, 0.4) is 0 Å². The van der Waals surface area contributed by atoms with Gasteiger partial charge in [-0.05, 0) is 29.8 Å². The number of ether oxygens (including phenoxy) is 2. The second kappa shape index (κ2) is 6.64. The summed E-state index contributed by atoms with van der Waals surface area (Å²) in [6.45, 7) is 0. The Morgan fingerprint density at radius 2 is 1.92 bits per heavy atom. The third-order valence-corrected chi connectivity index (χ3v) is 3.83. The van der Waals surface area contributed by atoms with Crippen LogP contribution in [0.25, 0.3) is 10.9 Å². The number of hydrogen-bond donors (Lipinski definition) is 2. The van der Waals surface area contributed by atoms with Gasteiger partial charge in [0.25, 0.3) is 5.56 Å². The zero-order valence-electron chi connectivity index (χ0n) is 13.7. The molecule has 0 bridgehead atoms. The van der Waals surface area contributed by atoms with Crippen molar-refractivity contribution in [1.82, 2.24) is 9.97 Å². The number of benzene rings is 2. The van der Waals surface area contributed by atoms with E-state index in [9.17, 15) is 14.7 Å². The largest absolute Gasteiger partial charge is 0.493 e. The Kier molecular flexibility index (Phi) is 4.38. The fraction of sp³-hybridized carbons (Fsp3) is 0.167. The minimum absolute atomic E-state index is 0.0658. The molecule has 0 aliphatic rings. The van der Waals surface area contributed by atoms with Crippen molar-refractivity contribution < 1.29 is 19.4 Å². The molecule has 0 spiro atoms. The first-order chi connectivity index (χ1) is 12.0. The first kappa shape index (κ1) is 16.5. The molecule has 2 aromatic carbocycles. The molecule has 0 atom stereocenters. The van der Waals surface area contributed by atoms with Crippen molar-refractivity contribution >= 4 is 16.9 Å². The molecule has 0 saturated heterocycles. The molecule has 128 valence electrons. The summed E-state index contributed by atoms with van der Waals surface area (Å²) in [4.78, 5) is 30.6. The number of nitrogens with zero attached hydrogens (tertiary/aromatic N) is 1. The van der Waals surface area contributed by atoms with Gasteiger partial charge < -0.3 is 19.6 Å². The van der Waals surface area contributed by atoms with Crippen LogP contribution in [0.2, 0.25) is 0 Å². The lowest BCUT2D eigenvalue weighted by Crippen LogP contribution is -2.15. The van der Waals surface area contributed by atoms with E-state index in [0.29, 0.717) is 29.3 Å². The topological polar surface area (TPSA) is 102 Å². The molecule has 0 aliphatic carbocycles. The van der Waals surface area contributed by atoms with E-state index in [0.717, 1.165) is 5.56 Å². The van der Waals surface area contributed by atoms with Crippen molar-refractivity contribution in [2.45, 2.75) is 6.42 Å². The molecule has 0 fully saturated rings. The van der Waals surface area contributed by atoms with Crippen LogP contribution >= 0.6 is 0 Å². The Hall–Kier alpha value is -3.35. The number of aromatic carboxylic acids is 1. The Balaban J connectivity index is 2.03. The van der Waals surface area contributed by atoms with E-state index < -0.39 is 11.5 Å². The van der Waals surface area contributed by atoms with Gasteiger partial charge in [0.05, 0.1) is 30.7 Å². The number of aromatic amines is 1. The molecular weight excluding hydrogens is 324 g/mol. The van der Waals surface area contributed by atoms with Crippen molar-refractivity contribution in [2.24, 2.45) is 0 Å². The normalized spacial score (nSPS) is 10.6. The molecule has 25 heavy (non-hydrogen) atoms. The molecule has 7 nitrogen and oxygen atoms in total. The number of methoxy groups -OCH3 is 2. The lowest BCUT2D eigenvalue weighted by Gasteiger charge is -2.10. The maximum atomic E-state index is 12.3. The second-order valence-corrected chi connectivity index (χ2v) is 5.38. The van der Waals surface area contributed by atoms with Gasteiger partial charge in [-0.3, -0.25) is 4.79 Å². The van der Waals surface area contributed by atoms with Gasteiger partial charge in [-0.25, -0.2) is 9.78 Å². The first-order valence-corrected chi connectivity index (χ1v) is 7.49. The maximum absolute atomic E-state index is 12.3. The lowest BCUT2D eigenvalue weighted by atomic mass is 10.1. The summed E-state index contributed by atoms with van der Waals surface area (Å²) < 4.78 is 10.5. The summed E-state index contributed by atoms with van der Waals surface area (Å²) in [6, 6.07) is 9.99. The first-order valence-electron chi connectivity index (χ1n) is 7.49. The minimum Gasteiger partial charge on any atom is -0.493 e. The molecule has 2 N–H and O–H groups in total. The molecule has 0 unspecified atom stereocenters. The highest BCUT2D eigenvalue weighted by Crippen LogP contribution is 2.28. The lowest BCUT2D eigenvalue weighted by molar-refractivity contribution is 0.0699. The van der Waals surface area contributed by atoms with Gasteiger partial charge in [0.1, 0.15) is 5.82 Å². The molecule has 0 amide bonds. The molecule has 7 heteroatoms. The Morgan fingerprint density at radius 3 is 2.60 bits per heavy atom. The van der Waals surface area contributed by atoms with Gasteiger partial charge in [0.15, 0.2) is 11.5 Å². The summed E-state index contributed by atoms with van der Waals surface area (Å²) in [5.74, 6) is 0.464. The number of hydrogen-bond acceptors (Lipinski definition) is 5. The number of carboxylic acid groups (broad SMARTS) is 1. The van der Waals surface area contributed by atoms with Crippen LogP contribution in [0.4, 0.5) is 0 Å². The quantitative estimate of drug-likeness (QED) is 0.738. The van der Waals surface area contributed by atoms with Crippen LogP contribution in [-0.2, 0) is 6.42 Å². The van der Waals surface area contributed by atoms with Gasteiger partial charge in [-0.1, -0.05) is 12.1 Å². The number of rotatable bonds is 5. The molecule has 0 saturated carbocycles. The third-order valence-electron chi connectivity index (χ3n) is 3.83. The molecule has 0 radical (unpaired) electrons. The zero-order chi connectivity index (χ0) is 18.0. The summed E-state index contributed by atoms with van der Waals surface area (Å²) in [5.41, 5.74) is 0.677. The van der Waals surface area contributed by atoms with Crippen LogP contribution in [0, 0.1) is 0 Å². The fourth-order valence-corrected chi connectivity index (χ4v) is 2.68. The van der Waals surface area contributed by atoms with Gasteiger partial charge in [0.2, 0.25) is 0 Å². The SMILES string of the molecule is COc1ccc(Cc2nc3cccc(C(=O)O)c3c(=O)[nH]2)cc1OC. The summed E-state index contributed by atoms with van der Waals surface area (Å²) >= 11 is 0. The van der Waals surface area contributed by atoms with Gasteiger partial charge in [-0.15, -0.1) is 0 Å². The number of H-pyrrole nitrogens is 1. The van der Waals surface area contributed by atoms with E-state index in [4.69, 9.17) is 9.47 Å². The van der Waals surface area contributed by atoms with Gasteiger partial charge in [0, 0.05) is 6.42 Å². The second-order valence-electron chi connectivity index (χ2n) is 5.38. The molecule has 3 rings (SSSR count). The average Bonchev–Trinajstić information content (AvgIpc) is 2.60. The average molecular weight is 340 g/mol. The molecule has 3 aromatic rings. The van der Waals surface area contributed by atoms with Crippen LogP contribution in [0.5, 0.6) is 11.5 Å². The van der Waals surface area contributed by atoms with Crippen molar-refractivity contribution in [3.63, 3.8) is 0 Å². The number of aromatic nitrogens is 2. The van der Waals surface area contributed by atoms with Crippen molar-refractivity contribution in [3.8, 4) is 11.5 Å². The van der Waals surface area contributed by atoms with Gasteiger partial charge >= 0.3 is 5.97 Å². The molecule has 0 aliphatic heterocycles. The van der Waals surface area contributed by atoms with Crippen LogP contribution in [0.15, 0.2) is 41.2 Å². The molecule has 1 aromatic heterocycles. The zero-order valence-corrected chi connectivity index (χ0v) is 13.7. The van der Waals surface area contributed by atoms with Crippen LogP contribution in [-0.4, -0.2) is 35.3 Å². The van der Waals surface area contributed by atoms with E-state index in [-0.39, 0.29) is 10.9 Å². The highest BCUT2D eigenvalue weighted by atomic mass is 16.5. The Morgan fingerprint density at radius 1 is 1.16 bits per heavy atom. The smallest absolute Gasteiger partial charge is 0.336 e. The Labute approximate surface area is 142 Å². The van der Waals surface area contributed by atoms with Gasteiger partial charge in [-0.2, -0.15) is 0 Å². The van der Waals surface area contributed by atoms with E-state index in [2.05, 4.69) is 9.97 Å². The van der Waals surface area contributed by atoms with Crippen molar-refractivity contribution in [3.05, 3.63) is 63.7 Å². The van der Waals surface area contributed by atoms with Crippen LogP contribution in [0.1, 0.15) is 21.7 Å². The molecule has 1 heterocycles. The van der Waals surface area contributed by atoms with Crippen LogP contribution < -0.4 is 15.0 Å². The Bertz CT molecular complexity index is 1010. The molecular formula is C18H16N2O5. The van der Waals surface area contributed by atoms with E-state index >= 15 is 0 Å². The highest BCUT2D eigenvalue weighted by molar-refractivity contribution is 6.02. The minimum atomic E-state index is -1.16. The maximum Gasteiger partial charge on any atom is 0.336 e. The fourth-order valence-electron chi connectivity index (χ4n) is 2.68. The third kappa shape index (κ3) is 3.16. The summed E-state index contributed by atoms with van der Waals surface area (Å²) in [5, 5.41) is 9.29. The van der Waals surface area contributed by atoms with Crippen molar-refractivity contribution in [2.75, 3.05) is 14.2 Å².